The standard InChI is InChI=1S/C11H18FN5O/c12-9-7-14-11(16-13)15-10(9)17-5-2-1-3-8(17)4-6-18/h7-8,18H,1-6,13H2,(H,14,15,16). The lowest BCUT2D eigenvalue weighted by atomic mass is 9.99. The molecule has 0 spiro atoms. The average Bonchev–Trinajstić information content (AvgIpc) is 2.41. The van der Waals surface area contributed by atoms with Crippen LogP contribution in [0.15, 0.2) is 6.20 Å². The van der Waals surface area contributed by atoms with Crippen LogP contribution in [0.4, 0.5) is 16.2 Å². The number of halogens is 1. The third-order valence-corrected chi connectivity index (χ3v) is 3.22. The summed E-state index contributed by atoms with van der Waals surface area (Å²) in [5.74, 6) is 5.23. The molecule has 1 fully saturated rings. The Hall–Kier alpha value is -1.47. The molecule has 1 atom stereocenters. The predicted molar refractivity (Wildman–Crippen MR) is 66.5 cm³/mol. The van der Waals surface area contributed by atoms with Crippen molar-refractivity contribution < 1.29 is 9.50 Å². The van der Waals surface area contributed by atoms with Crippen molar-refractivity contribution in [3.05, 3.63) is 12.0 Å². The smallest absolute Gasteiger partial charge is 0.239 e. The molecule has 4 N–H and O–H groups in total. The van der Waals surface area contributed by atoms with Crippen molar-refractivity contribution in [2.75, 3.05) is 23.5 Å². The van der Waals surface area contributed by atoms with Crippen LogP contribution in [0.5, 0.6) is 0 Å². The second-order valence-electron chi connectivity index (χ2n) is 4.36. The van der Waals surface area contributed by atoms with Gasteiger partial charge in [-0.25, -0.2) is 15.2 Å². The topological polar surface area (TPSA) is 87.3 Å². The summed E-state index contributed by atoms with van der Waals surface area (Å²) in [7, 11) is 0. The molecular weight excluding hydrogens is 237 g/mol. The SMILES string of the molecule is NNc1ncc(F)c(N2CCCCC2CCO)n1. The fraction of sp³-hybridized carbons (Fsp3) is 0.636. The normalized spacial score (nSPS) is 19.9. The van der Waals surface area contributed by atoms with Gasteiger partial charge in [-0.2, -0.15) is 4.98 Å². The number of aliphatic hydroxyl groups excluding tert-OH is 1. The molecular formula is C11H18FN5O. The molecule has 7 heteroatoms. The molecule has 1 saturated heterocycles. The lowest BCUT2D eigenvalue weighted by molar-refractivity contribution is 0.261. The van der Waals surface area contributed by atoms with Crippen molar-refractivity contribution in [3.63, 3.8) is 0 Å². The van der Waals surface area contributed by atoms with E-state index in [0.717, 1.165) is 32.0 Å². The minimum Gasteiger partial charge on any atom is -0.396 e. The Kier molecular flexibility index (Phi) is 4.27. The number of nitrogen functional groups attached to an aromatic ring is 1. The molecule has 1 aromatic rings. The quantitative estimate of drug-likeness (QED) is 0.540. The van der Waals surface area contributed by atoms with Crippen LogP contribution < -0.4 is 16.2 Å². The van der Waals surface area contributed by atoms with Crippen LogP contribution >= 0.6 is 0 Å². The number of nitrogens with zero attached hydrogens (tertiary/aromatic N) is 3. The van der Waals surface area contributed by atoms with E-state index in [0.29, 0.717) is 6.42 Å². The first-order valence-electron chi connectivity index (χ1n) is 6.13. The molecule has 0 saturated carbocycles. The van der Waals surface area contributed by atoms with E-state index in [4.69, 9.17) is 10.9 Å². The number of rotatable bonds is 4. The minimum atomic E-state index is -0.459. The summed E-state index contributed by atoms with van der Waals surface area (Å²) in [6, 6.07) is 0.124. The number of aromatic nitrogens is 2. The second-order valence-corrected chi connectivity index (χ2v) is 4.36. The Morgan fingerprint density at radius 2 is 2.39 bits per heavy atom. The van der Waals surface area contributed by atoms with Crippen molar-refractivity contribution in [3.8, 4) is 0 Å². The molecule has 18 heavy (non-hydrogen) atoms. The zero-order valence-corrected chi connectivity index (χ0v) is 10.1. The number of aliphatic hydroxyl groups is 1. The first kappa shape index (κ1) is 13.0. The van der Waals surface area contributed by atoms with Crippen LogP contribution in [0.1, 0.15) is 25.7 Å². The minimum absolute atomic E-state index is 0.0931. The van der Waals surface area contributed by atoms with Crippen LogP contribution in [0.25, 0.3) is 0 Å². The maximum absolute atomic E-state index is 13.8. The third kappa shape index (κ3) is 2.68. The Labute approximate surface area is 105 Å². The van der Waals surface area contributed by atoms with Gasteiger partial charge < -0.3 is 10.0 Å². The number of hydrazine groups is 1. The van der Waals surface area contributed by atoms with Crippen LogP contribution in [0, 0.1) is 5.82 Å². The molecule has 1 aliphatic rings. The number of piperidine rings is 1. The van der Waals surface area contributed by atoms with Gasteiger partial charge in [-0.1, -0.05) is 0 Å². The lowest BCUT2D eigenvalue weighted by Gasteiger charge is -2.36. The summed E-state index contributed by atoms with van der Waals surface area (Å²) >= 11 is 0. The van der Waals surface area contributed by atoms with E-state index in [1.165, 1.54) is 0 Å². The number of nitrogens with one attached hydrogen (secondary N) is 1. The van der Waals surface area contributed by atoms with Gasteiger partial charge in [0.2, 0.25) is 5.95 Å². The summed E-state index contributed by atoms with van der Waals surface area (Å²) in [6.07, 6.45) is 4.76. The van der Waals surface area contributed by atoms with Gasteiger partial charge in [0.15, 0.2) is 11.6 Å². The number of hydrogen-bond donors (Lipinski definition) is 3. The number of anilines is 2. The van der Waals surface area contributed by atoms with Crippen molar-refractivity contribution in [2.45, 2.75) is 31.7 Å². The molecule has 6 nitrogen and oxygen atoms in total. The van der Waals surface area contributed by atoms with Gasteiger partial charge in [0.1, 0.15) is 0 Å². The Morgan fingerprint density at radius 1 is 1.56 bits per heavy atom. The largest absolute Gasteiger partial charge is 0.396 e. The molecule has 0 bridgehead atoms. The van der Waals surface area contributed by atoms with E-state index in [1.54, 1.807) is 0 Å². The molecule has 0 aliphatic carbocycles. The first-order chi connectivity index (χ1) is 8.76. The number of hydrogen-bond acceptors (Lipinski definition) is 6. The summed E-state index contributed by atoms with van der Waals surface area (Å²) < 4.78 is 13.8. The molecule has 2 rings (SSSR count). The van der Waals surface area contributed by atoms with Crippen LogP contribution in [-0.2, 0) is 0 Å². The maximum Gasteiger partial charge on any atom is 0.239 e. The van der Waals surface area contributed by atoms with E-state index in [2.05, 4.69) is 15.4 Å². The van der Waals surface area contributed by atoms with E-state index in [-0.39, 0.29) is 24.4 Å². The van der Waals surface area contributed by atoms with Gasteiger partial charge in [-0.05, 0) is 25.7 Å². The predicted octanol–water partition coefficient (Wildman–Crippen LogP) is 0.643. The van der Waals surface area contributed by atoms with Gasteiger partial charge in [-0.3, -0.25) is 5.43 Å². The highest BCUT2D eigenvalue weighted by Crippen LogP contribution is 2.27. The highest BCUT2D eigenvalue weighted by atomic mass is 19.1. The van der Waals surface area contributed by atoms with Crippen LogP contribution in [0.2, 0.25) is 0 Å². The van der Waals surface area contributed by atoms with Crippen molar-refractivity contribution in [2.24, 2.45) is 5.84 Å². The molecule has 100 valence electrons. The molecule has 1 aliphatic heterocycles. The summed E-state index contributed by atoms with van der Waals surface area (Å²) in [6.45, 7) is 0.832. The zero-order chi connectivity index (χ0) is 13.0. The monoisotopic (exact) mass is 255 g/mol. The van der Waals surface area contributed by atoms with Gasteiger partial charge in [0.25, 0.3) is 0 Å². The zero-order valence-electron chi connectivity index (χ0n) is 10.1. The molecule has 0 radical (unpaired) electrons. The molecule has 0 aromatic carbocycles. The highest BCUT2D eigenvalue weighted by molar-refractivity contribution is 5.45. The Morgan fingerprint density at radius 3 is 3.11 bits per heavy atom. The summed E-state index contributed by atoms with van der Waals surface area (Å²) in [5, 5.41) is 9.07. The van der Waals surface area contributed by atoms with Crippen molar-refractivity contribution in [1.82, 2.24) is 9.97 Å². The van der Waals surface area contributed by atoms with Gasteiger partial charge in [-0.15, -0.1) is 0 Å². The Balaban J connectivity index is 2.26. The fourth-order valence-electron chi connectivity index (χ4n) is 2.36. The molecule has 0 amide bonds. The summed E-state index contributed by atoms with van der Waals surface area (Å²) in [5.41, 5.74) is 2.32. The van der Waals surface area contributed by atoms with Gasteiger partial charge in [0, 0.05) is 19.2 Å². The fourth-order valence-corrected chi connectivity index (χ4v) is 2.36. The van der Waals surface area contributed by atoms with E-state index < -0.39 is 5.82 Å². The van der Waals surface area contributed by atoms with Crippen molar-refractivity contribution in [1.29, 1.82) is 0 Å². The van der Waals surface area contributed by atoms with E-state index >= 15 is 0 Å². The summed E-state index contributed by atoms with van der Waals surface area (Å²) in [4.78, 5) is 9.69. The van der Waals surface area contributed by atoms with E-state index in [1.807, 2.05) is 4.90 Å². The highest BCUT2D eigenvalue weighted by Gasteiger charge is 2.25. The number of nitrogens with two attached hydrogens (primary N) is 1. The Bertz CT molecular complexity index is 401. The third-order valence-electron chi connectivity index (χ3n) is 3.22. The van der Waals surface area contributed by atoms with Crippen LogP contribution in [-0.4, -0.2) is 34.3 Å². The lowest BCUT2D eigenvalue weighted by Crippen LogP contribution is -2.41. The maximum atomic E-state index is 13.8. The van der Waals surface area contributed by atoms with E-state index in [9.17, 15) is 4.39 Å². The molecule has 2 heterocycles. The van der Waals surface area contributed by atoms with Crippen molar-refractivity contribution >= 4 is 11.8 Å². The van der Waals surface area contributed by atoms with Gasteiger partial charge >= 0.3 is 0 Å². The first-order valence-corrected chi connectivity index (χ1v) is 6.13. The second kappa shape index (κ2) is 5.92. The average molecular weight is 255 g/mol. The van der Waals surface area contributed by atoms with Gasteiger partial charge in [0.05, 0.1) is 6.20 Å². The molecule has 1 aromatic heterocycles. The van der Waals surface area contributed by atoms with Crippen LogP contribution in [0.3, 0.4) is 0 Å². The molecule has 1 unspecified atom stereocenters.